The highest BCUT2D eigenvalue weighted by Crippen LogP contribution is 2.52. The topological polar surface area (TPSA) is 9.23 Å². The van der Waals surface area contributed by atoms with E-state index in [-0.39, 0.29) is 5.75 Å². The highest BCUT2D eigenvalue weighted by Gasteiger charge is 2.38. The zero-order chi connectivity index (χ0) is 19.3. The van der Waals surface area contributed by atoms with Crippen LogP contribution < -0.4 is 4.74 Å². The van der Waals surface area contributed by atoms with Gasteiger partial charge in [-0.15, -0.1) is 13.2 Å². The van der Waals surface area contributed by atoms with Gasteiger partial charge in [-0.2, -0.15) is 0 Å². The van der Waals surface area contributed by atoms with Crippen molar-refractivity contribution in [2.75, 3.05) is 0 Å². The van der Waals surface area contributed by atoms with Crippen LogP contribution in [0.2, 0.25) is 0 Å². The molecule has 152 valence electrons. The zero-order valence-electron chi connectivity index (χ0n) is 16.5. The summed E-state index contributed by atoms with van der Waals surface area (Å²) in [7, 11) is 0. The van der Waals surface area contributed by atoms with Crippen LogP contribution in [0.5, 0.6) is 5.75 Å². The zero-order valence-corrected chi connectivity index (χ0v) is 16.5. The van der Waals surface area contributed by atoms with Gasteiger partial charge in [-0.3, -0.25) is 0 Å². The van der Waals surface area contributed by atoms with Crippen molar-refractivity contribution in [2.45, 2.75) is 96.3 Å². The van der Waals surface area contributed by atoms with E-state index < -0.39 is 6.36 Å². The van der Waals surface area contributed by atoms with Gasteiger partial charge >= 0.3 is 6.36 Å². The minimum Gasteiger partial charge on any atom is -0.406 e. The van der Waals surface area contributed by atoms with E-state index >= 15 is 0 Å². The summed E-state index contributed by atoms with van der Waals surface area (Å²) in [6, 6.07) is 6.53. The molecule has 0 atom stereocenters. The first-order chi connectivity index (χ1) is 12.9. The molecule has 0 saturated heterocycles. The molecule has 27 heavy (non-hydrogen) atoms. The molecule has 0 aromatic heterocycles. The van der Waals surface area contributed by atoms with Crippen molar-refractivity contribution in [3.63, 3.8) is 0 Å². The molecule has 0 aliphatic heterocycles. The Hall–Kier alpha value is -1.19. The van der Waals surface area contributed by atoms with Crippen molar-refractivity contribution in [1.82, 2.24) is 0 Å². The second-order valence-corrected chi connectivity index (χ2v) is 8.83. The van der Waals surface area contributed by atoms with Gasteiger partial charge in [0.15, 0.2) is 0 Å². The Morgan fingerprint density at radius 2 is 1.52 bits per heavy atom. The normalized spacial score (nSPS) is 29.0. The van der Waals surface area contributed by atoms with Crippen LogP contribution in [0.4, 0.5) is 13.2 Å². The van der Waals surface area contributed by atoms with Gasteiger partial charge in [0.2, 0.25) is 0 Å². The minimum atomic E-state index is -4.62. The molecule has 0 amide bonds. The first-order valence-corrected chi connectivity index (χ1v) is 10.7. The molecule has 1 aromatic rings. The number of alkyl halides is 3. The van der Waals surface area contributed by atoms with Gasteiger partial charge in [0.1, 0.15) is 5.75 Å². The SMILES string of the molecule is CCCCCC1CCC2(CC1)CCC(c1ccc(OC(F)(F)F)cc1)CC2. The smallest absolute Gasteiger partial charge is 0.406 e. The standard InChI is InChI=1S/C23H33F3O/c1-2-3-4-5-18-10-14-22(15-11-18)16-12-20(13-17-22)19-6-8-21(9-7-19)27-23(24,25)26/h6-9,18,20H,2-5,10-17H2,1H3. The van der Waals surface area contributed by atoms with Crippen LogP contribution in [-0.2, 0) is 0 Å². The van der Waals surface area contributed by atoms with E-state index in [1.165, 1.54) is 89.2 Å². The van der Waals surface area contributed by atoms with Crippen molar-refractivity contribution >= 4 is 0 Å². The quantitative estimate of drug-likeness (QED) is 0.453. The molecule has 0 unspecified atom stereocenters. The molecule has 1 nitrogen and oxygen atoms in total. The molecular weight excluding hydrogens is 349 g/mol. The van der Waals surface area contributed by atoms with Gasteiger partial charge in [0, 0.05) is 0 Å². The maximum Gasteiger partial charge on any atom is 0.573 e. The molecular formula is C23H33F3O. The average molecular weight is 383 g/mol. The monoisotopic (exact) mass is 382 g/mol. The van der Waals surface area contributed by atoms with E-state index in [0.717, 1.165) is 11.5 Å². The first-order valence-electron chi connectivity index (χ1n) is 10.7. The lowest BCUT2D eigenvalue weighted by Crippen LogP contribution is -2.31. The summed E-state index contributed by atoms with van der Waals surface area (Å²) in [5.41, 5.74) is 1.71. The summed E-state index contributed by atoms with van der Waals surface area (Å²) >= 11 is 0. The molecule has 2 saturated carbocycles. The van der Waals surface area contributed by atoms with Crippen LogP contribution >= 0.6 is 0 Å². The first kappa shape index (κ1) is 20.5. The number of hydrogen-bond donors (Lipinski definition) is 0. The van der Waals surface area contributed by atoms with Gasteiger partial charge in [-0.1, -0.05) is 44.7 Å². The molecule has 0 radical (unpaired) electrons. The summed E-state index contributed by atoms with van der Waals surface area (Å²) in [5.74, 6) is 1.30. The summed E-state index contributed by atoms with van der Waals surface area (Å²) in [4.78, 5) is 0. The Bertz CT molecular complexity index is 560. The lowest BCUT2D eigenvalue weighted by molar-refractivity contribution is -0.274. The van der Waals surface area contributed by atoms with E-state index in [9.17, 15) is 13.2 Å². The van der Waals surface area contributed by atoms with Crippen LogP contribution in [0.15, 0.2) is 24.3 Å². The third-order valence-electron chi connectivity index (χ3n) is 7.01. The fraction of sp³-hybridized carbons (Fsp3) is 0.739. The van der Waals surface area contributed by atoms with Crippen molar-refractivity contribution < 1.29 is 17.9 Å². The third-order valence-corrected chi connectivity index (χ3v) is 7.01. The molecule has 2 aliphatic carbocycles. The molecule has 0 N–H and O–H groups in total. The summed E-state index contributed by atoms with van der Waals surface area (Å²) < 4.78 is 40.9. The lowest BCUT2D eigenvalue weighted by Gasteiger charge is -2.45. The second kappa shape index (κ2) is 8.87. The number of ether oxygens (including phenoxy) is 1. The number of unbranched alkanes of at least 4 members (excludes halogenated alkanes) is 2. The summed E-state index contributed by atoms with van der Waals surface area (Å²) in [6.45, 7) is 2.27. The number of halogens is 3. The Morgan fingerprint density at radius 1 is 0.926 bits per heavy atom. The fourth-order valence-electron chi connectivity index (χ4n) is 5.27. The summed E-state index contributed by atoms with van der Waals surface area (Å²) in [6.07, 6.45) is 11.3. The van der Waals surface area contributed by atoms with Crippen molar-refractivity contribution in [1.29, 1.82) is 0 Å². The van der Waals surface area contributed by atoms with Crippen molar-refractivity contribution in [3.8, 4) is 5.75 Å². The van der Waals surface area contributed by atoms with E-state index in [2.05, 4.69) is 11.7 Å². The van der Waals surface area contributed by atoms with Gasteiger partial charge in [0.05, 0.1) is 0 Å². The van der Waals surface area contributed by atoms with Crippen LogP contribution in [0, 0.1) is 11.3 Å². The van der Waals surface area contributed by atoms with Gasteiger partial charge in [0.25, 0.3) is 0 Å². The van der Waals surface area contributed by atoms with E-state index in [0.29, 0.717) is 11.3 Å². The molecule has 3 rings (SSSR count). The van der Waals surface area contributed by atoms with Crippen molar-refractivity contribution in [2.24, 2.45) is 11.3 Å². The van der Waals surface area contributed by atoms with E-state index in [1.807, 2.05) is 12.1 Å². The Balaban J connectivity index is 1.46. The van der Waals surface area contributed by atoms with Gasteiger partial charge in [-0.25, -0.2) is 0 Å². The largest absolute Gasteiger partial charge is 0.573 e. The van der Waals surface area contributed by atoms with Crippen LogP contribution in [-0.4, -0.2) is 6.36 Å². The van der Waals surface area contributed by atoms with Crippen LogP contribution in [0.25, 0.3) is 0 Å². The Morgan fingerprint density at radius 3 is 2.07 bits per heavy atom. The minimum absolute atomic E-state index is 0.125. The highest BCUT2D eigenvalue weighted by molar-refractivity contribution is 5.30. The Labute approximate surface area is 161 Å². The second-order valence-electron chi connectivity index (χ2n) is 8.83. The van der Waals surface area contributed by atoms with Crippen LogP contribution in [0.1, 0.15) is 95.5 Å². The van der Waals surface area contributed by atoms with E-state index in [4.69, 9.17) is 0 Å². The molecule has 0 heterocycles. The van der Waals surface area contributed by atoms with Gasteiger partial charge in [-0.05, 0) is 86.3 Å². The molecule has 2 aliphatic rings. The van der Waals surface area contributed by atoms with Crippen molar-refractivity contribution in [3.05, 3.63) is 29.8 Å². The molecule has 1 spiro atoms. The Kier molecular flexibility index (Phi) is 6.75. The predicted molar refractivity (Wildman–Crippen MR) is 103 cm³/mol. The molecule has 2 fully saturated rings. The number of rotatable bonds is 6. The number of benzene rings is 1. The summed E-state index contributed by atoms with van der Waals surface area (Å²) in [5, 5.41) is 0. The fourth-order valence-corrected chi connectivity index (χ4v) is 5.27. The molecule has 0 bridgehead atoms. The third kappa shape index (κ3) is 5.89. The lowest BCUT2D eigenvalue weighted by atomic mass is 9.60. The maximum absolute atomic E-state index is 12.3. The predicted octanol–water partition coefficient (Wildman–Crippen LogP) is 8.00. The van der Waals surface area contributed by atoms with E-state index in [1.54, 1.807) is 0 Å². The van der Waals surface area contributed by atoms with Crippen LogP contribution in [0.3, 0.4) is 0 Å². The molecule has 1 aromatic carbocycles. The number of hydrogen-bond acceptors (Lipinski definition) is 1. The maximum atomic E-state index is 12.3. The molecule has 4 heteroatoms. The van der Waals surface area contributed by atoms with Gasteiger partial charge < -0.3 is 4.74 Å². The average Bonchev–Trinajstić information content (AvgIpc) is 2.64. The highest BCUT2D eigenvalue weighted by atomic mass is 19.4.